The van der Waals surface area contributed by atoms with Crippen LogP contribution in [-0.4, -0.2) is 40.2 Å². The van der Waals surface area contributed by atoms with E-state index < -0.39 is 8.32 Å². The van der Waals surface area contributed by atoms with Gasteiger partial charge in [-0.1, -0.05) is 32.9 Å². The van der Waals surface area contributed by atoms with Crippen LogP contribution in [0.5, 0.6) is 0 Å². The molecule has 3 atom stereocenters. The molecule has 0 aromatic rings. The Kier molecular flexibility index (Phi) is 5.08. The van der Waals surface area contributed by atoms with Crippen LogP contribution in [0.2, 0.25) is 18.1 Å². The zero-order valence-electron chi connectivity index (χ0n) is 13.8. The SMILES string of the molecule is CC(C)(C)[Si](C)(C)O[C@@H](CC1OCCO1)[C@@H]1C=C[C@@H]1C=O. The van der Waals surface area contributed by atoms with Gasteiger partial charge in [-0.2, -0.15) is 0 Å². The predicted octanol–water partition coefficient (Wildman–Crippen LogP) is 3.14. The Morgan fingerprint density at radius 2 is 1.90 bits per heavy atom. The Balaban J connectivity index is 2.08. The van der Waals surface area contributed by atoms with Crippen LogP contribution < -0.4 is 0 Å². The summed E-state index contributed by atoms with van der Waals surface area (Å²) in [6.45, 7) is 12.5. The molecule has 1 fully saturated rings. The van der Waals surface area contributed by atoms with Gasteiger partial charge in [0.1, 0.15) is 6.29 Å². The normalized spacial score (nSPS) is 28.4. The lowest BCUT2D eigenvalue weighted by molar-refractivity contribution is -0.114. The Morgan fingerprint density at radius 3 is 2.33 bits per heavy atom. The van der Waals surface area contributed by atoms with E-state index in [4.69, 9.17) is 13.9 Å². The molecule has 120 valence electrons. The molecule has 2 aliphatic rings. The molecule has 1 aliphatic heterocycles. The first-order chi connectivity index (χ1) is 9.74. The molecule has 0 bridgehead atoms. The third-order valence-corrected chi connectivity index (χ3v) is 9.46. The Hall–Kier alpha value is -0.493. The van der Waals surface area contributed by atoms with Crippen molar-refractivity contribution in [2.75, 3.05) is 13.2 Å². The standard InChI is InChI=1S/C16H28O4Si/c1-16(2,3)21(4,5)20-14(10-15-18-8-9-19-15)13-7-6-12(13)11-17/h6-7,11-15H,8-10H2,1-5H3/t12-,13-,14+/m1/s1. The predicted molar refractivity (Wildman–Crippen MR) is 84.6 cm³/mol. The maximum atomic E-state index is 11.1. The zero-order chi connectivity index (χ0) is 15.7. The molecule has 21 heavy (non-hydrogen) atoms. The third-order valence-electron chi connectivity index (χ3n) is 4.95. The highest BCUT2D eigenvalue weighted by Crippen LogP contribution is 2.41. The molecular weight excluding hydrogens is 284 g/mol. The maximum absolute atomic E-state index is 11.1. The lowest BCUT2D eigenvalue weighted by atomic mass is 9.78. The number of allylic oxidation sites excluding steroid dienone is 1. The fourth-order valence-corrected chi connectivity index (χ4v) is 3.81. The van der Waals surface area contributed by atoms with Crippen molar-refractivity contribution in [2.45, 2.75) is 57.7 Å². The molecule has 0 aromatic carbocycles. The third kappa shape index (κ3) is 3.83. The van der Waals surface area contributed by atoms with Gasteiger partial charge in [0.05, 0.1) is 19.3 Å². The molecule has 0 amide bonds. The molecule has 1 heterocycles. The smallest absolute Gasteiger partial charge is 0.192 e. The van der Waals surface area contributed by atoms with Crippen LogP contribution in [0.25, 0.3) is 0 Å². The average molecular weight is 312 g/mol. The molecule has 4 nitrogen and oxygen atoms in total. The van der Waals surface area contributed by atoms with Crippen LogP contribution in [0.15, 0.2) is 12.2 Å². The number of rotatable bonds is 6. The first kappa shape index (κ1) is 16.9. The van der Waals surface area contributed by atoms with Gasteiger partial charge in [-0.25, -0.2) is 0 Å². The number of carbonyl (C=O) groups is 1. The average Bonchev–Trinajstić information content (AvgIpc) is 2.78. The summed E-state index contributed by atoms with van der Waals surface area (Å²) in [5.74, 6) is 0.130. The highest BCUT2D eigenvalue weighted by Gasteiger charge is 2.43. The molecule has 0 unspecified atom stereocenters. The summed E-state index contributed by atoms with van der Waals surface area (Å²) in [7, 11) is -1.89. The van der Waals surface area contributed by atoms with Crippen molar-refractivity contribution in [3.05, 3.63) is 12.2 Å². The van der Waals surface area contributed by atoms with Gasteiger partial charge in [0.15, 0.2) is 14.6 Å². The van der Waals surface area contributed by atoms with E-state index in [0.29, 0.717) is 19.6 Å². The second-order valence-electron chi connectivity index (χ2n) is 7.50. The molecule has 0 N–H and O–H groups in total. The summed E-state index contributed by atoms with van der Waals surface area (Å²) in [5.41, 5.74) is 0. The summed E-state index contributed by atoms with van der Waals surface area (Å²) in [5, 5.41) is 0.146. The van der Waals surface area contributed by atoms with Crippen LogP contribution in [0.4, 0.5) is 0 Å². The molecule has 1 saturated heterocycles. The van der Waals surface area contributed by atoms with E-state index in [-0.39, 0.29) is 29.3 Å². The maximum Gasteiger partial charge on any atom is 0.192 e. The summed E-state index contributed by atoms with van der Waals surface area (Å²) in [6, 6.07) is 0. The minimum atomic E-state index is -1.89. The second kappa shape index (κ2) is 6.32. The van der Waals surface area contributed by atoms with E-state index in [0.717, 1.165) is 6.29 Å². The van der Waals surface area contributed by atoms with E-state index in [1.165, 1.54) is 0 Å². The first-order valence-electron chi connectivity index (χ1n) is 7.79. The van der Waals surface area contributed by atoms with Gasteiger partial charge >= 0.3 is 0 Å². The molecular formula is C16H28O4Si. The van der Waals surface area contributed by atoms with Gasteiger partial charge in [0, 0.05) is 18.3 Å². The molecule has 0 saturated carbocycles. The van der Waals surface area contributed by atoms with Crippen molar-refractivity contribution >= 4 is 14.6 Å². The molecule has 0 radical (unpaired) electrons. The zero-order valence-corrected chi connectivity index (χ0v) is 14.8. The van der Waals surface area contributed by atoms with E-state index in [1.807, 2.05) is 6.08 Å². The lowest BCUT2D eigenvalue weighted by Gasteiger charge is -2.43. The van der Waals surface area contributed by atoms with Crippen molar-refractivity contribution in [1.29, 1.82) is 0 Å². The van der Waals surface area contributed by atoms with Crippen molar-refractivity contribution in [3.63, 3.8) is 0 Å². The Morgan fingerprint density at radius 1 is 1.29 bits per heavy atom. The largest absolute Gasteiger partial charge is 0.413 e. The van der Waals surface area contributed by atoms with Crippen LogP contribution in [0.3, 0.4) is 0 Å². The number of hydrogen-bond donors (Lipinski definition) is 0. The van der Waals surface area contributed by atoms with Gasteiger partial charge in [0.2, 0.25) is 0 Å². The minimum absolute atomic E-state index is 0.00538. The summed E-state index contributed by atoms with van der Waals surface area (Å²) < 4.78 is 17.7. The summed E-state index contributed by atoms with van der Waals surface area (Å²) >= 11 is 0. The van der Waals surface area contributed by atoms with E-state index >= 15 is 0 Å². The second-order valence-corrected chi connectivity index (χ2v) is 12.3. The van der Waals surface area contributed by atoms with Gasteiger partial charge < -0.3 is 18.7 Å². The van der Waals surface area contributed by atoms with Crippen molar-refractivity contribution < 1.29 is 18.7 Å². The van der Waals surface area contributed by atoms with E-state index in [9.17, 15) is 4.79 Å². The van der Waals surface area contributed by atoms with Crippen molar-refractivity contribution in [3.8, 4) is 0 Å². The van der Waals surface area contributed by atoms with Crippen LogP contribution >= 0.6 is 0 Å². The quantitative estimate of drug-likeness (QED) is 0.429. The Labute approximate surface area is 129 Å². The van der Waals surface area contributed by atoms with Gasteiger partial charge in [-0.05, 0) is 18.1 Å². The molecule has 0 aromatic heterocycles. The van der Waals surface area contributed by atoms with Crippen LogP contribution in [0.1, 0.15) is 27.2 Å². The van der Waals surface area contributed by atoms with E-state index in [1.54, 1.807) is 0 Å². The van der Waals surface area contributed by atoms with Crippen LogP contribution in [-0.2, 0) is 18.7 Å². The lowest BCUT2D eigenvalue weighted by Crippen LogP contribution is -2.48. The fourth-order valence-electron chi connectivity index (χ4n) is 2.45. The van der Waals surface area contributed by atoms with E-state index in [2.05, 4.69) is 39.9 Å². The number of aldehydes is 1. The number of carbonyl (C=O) groups excluding carboxylic acids is 1. The monoisotopic (exact) mass is 312 g/mol. The van der Waals surface area contributed by atoms with Crippen molar-refractivity contribution in [2.24, 2.45) is 11.8 Å². The number of hydrogen-bond acceptors (Lipinski definition) is 4. The minimum Gasteiger partial charge on any atom is -0.413 e. The summed E-state index contributed by atoms with van der Waals surface area (Å²) in [6.07, 6.45) is 5.56. The fraction of sp³-hybridized carbons (Fsp3) is 0.812. The highest BCUT2D eigenvalue weighted by molar-refractivity contribution is 6.74. The molecule has 2 rings (SSSR count). The Bertz CT molecular complexity index is 394. The van der Waals surface area contributed by atoms with Crippen molar-refractivity contribution in [1.82, 2.24) is 0 Å². The topological polar surface area (TPSA) is 44.8 Å². The highest BCUT2D eigenvalue weighted by atomic mass is 28.4. The first-order valence-corrected chi connectivity index (χ1v) is 10.7. The number of ether oxygens (including phenoxy) is 2. The van der Waals surface area contributed by atoms with Gasteiger partial charge in [-0.15, -0.1) is 0 Å². The van der Waals surface area contributed by atoms with Crippen LogP contribution in [0, 0.1) is 11.8 Å². The molecule has 1 aliphatic carbocycles. The van der Waals surface area contributed by atoms with Gasteiger partial charge in [0.25, 0.3) is 0 Å². The molecule has 5 heteroatoms. The summed E-state index contributed by atoms with van der Waals surface area (Å²) in [4.78, 5) is 11.1. The molecule has 0 spiro atoms. The van der Waals surface area contributed by atoms with Gasteiger partial charge in [-0.3, -0.25) is 0 Å².